The molecule has 0 fully saturated rings. The third kappa shape index (κ3) is 5.51. The van der Waals surface area contributed by atoms with E-state index in [4.69, 9.17) is 23.4 Å². The van der Waals surface area contributed by atoms with Crippen LogP contribution in [0.1, 0.15) is 35.7 Å². The van der Waals surface area contributed by atoms with Crippen LogP contribution in [0.2, 0.25) is 0 Å². The topological polar surface area (TPSA) is 79.2 Å². The van der Waals surface area contributed by atoms with E-state index in [1.54, 1.807) is 57.7 Å². The minimum absolute atomic E-state index is 0.0468. The monoisotopic (exact) mass is 425 g/mol. The Bertz CT molecular complexity index is 1020. The van der Waals surface area contributed by atoms with E-state index < -0.39 is 0 Å². The molecule has 0 saturated heterocycles. The molecular formula is C24H27NO6. The number of anilines is 1. The van der Waals surface area contributed by atoms with Gasteiger partial charge in [0.25, 0.3) is 5.91 Å². The van der Waals surface area contributed by atoms with E-state index in [9.17, 15) is 4.79 Å². The SMILES string of the molecule is COc1cc(OC)c(Cc2ccc(C(=O)Nc3cccc(OC(C)C)c3)o2)c(OC)c1. The molecule has 1 amide bonds. The van der Waals surface area contributed by atoms with Gasteiger partial charge in [0, 0.05) is 35.9 Å². The lowest BCUT2D eigenvalue weighted by atomic mass is 10.1. The van der Waals surface area contributed by atoms with Crippen LogP contribution in [0.4, 0.5) is 5.69 Å². The van der Waals surface area contributed by atoms with Gasteiger partial charge in [-0.1, -0.05) is 6.07 Å². The lowest BCUT2D eigenvalue weighted by molar-refractivity contribution is 0.0995. The molecule has 3 aromatic rings. The molecule has 0 aliphatic carbocycles. The molecule has 0 atom stereocenters. The maximum absolute atomic E-state index is 12.6. The van der Waals surface area contributed by atoms with Crippen LogP contribution in [0.15, 0.2) is 52.9 Å². The number of hydrogen-bond acceptors (Lipinski definition) is 6. The van der Waals surface area contributed by atoms with Crippen molar-refractivity contribution in [2.45, 2.75) is 26.4 Å². The first-order valence-corrected chi connectivity index (χ1v) is 9.89. The normalized spacial score (nSPS) is 10.6. The molecule has 3 rings (SSSR count). The lowest BCUT2D eigenvalue weighted by Crippen LogP contribution is -2.11. The first kappa shape index (κ1) is 22.1. The largest absolute Gasteiger partial charge is 0.496 e. The standard InChI is InChI=1S/C24H27NO6/c1-15(2)30-17-8-6-7-16(11-17)25-24(26)21-10-9-18(31-21)12-20-22(28-4)13-19(27-3)14-23(20)29-5/h6-11,13-15H,12H2,1-5H3,(H,25,26). The highest BCUT2D eigenvalue weighted by molar-refractivity contribution is 6.02. The molecule has 164 valence electrons. The summed E-state index contributed by atoms with van der Waals surface area (Å²) in [5, 5.41) is 2.83. The zero-order valence-electron chi connectivity index (χ0n) is 18.4. The van der Waals surface area contributed by atoms with Crippen molar-refractivity contribution in [2.75, 3.05) is 26.6 Å². The summed E-state index contributed by atoms with van der Waals surface area (Å²) in [5.41, 5.74) is 1.42. The van der Waals surface area contributed by atoms with E-state index in [1.807, 2.05) is 26.0 Å². The summed E-state index contributed by atoms with van der Waals surface area (Å²) in [6.45, 7) is 3.89. The van der Waals surface area contributed by atoms with Crippen molar-refractivity contribution >= 4 is 11.6 Å². The lowest BCUT2D eigenvalue weighted by Gasteiger charge is -2.14. The fourth-order valence-electron chi connectivity index (χ4n) is 3.13. The van der Waals surface area contributed by atoms with Gasteiger partial charge in [-0.3, -0.25) is 4.79 Å². The van der Waals surface area contributed by atoms with E-state index in [0.29, 0.717) is 40.9 Å². The van der Waals surface area contributed by atoms with Crippen LogP contribution in [-0.4, -0.2) is 33.3 Å². The van der Waals surface area contributed by atoms with Crippen LogP contribution >= 0.6 is 0 Å². The van der Waals surface area contributed by atoms with E-state index in [0.717, 1.165) is 5.56 Å². The maximum atomic E-state index is 12.6. The van der Waals surface area contributed by atoms with Crippen LogP contribution in [0.5, 0.6) is 23.0 Å². The van der Waals surface area contributed by atoms with Crippen molar-refractivity contribution in [1.29, 1.82) is 0 Å². The third-order valence-electron chi connectivity index (χ3n) is 4.52. The maximum Gasteiger partial charge on any atom is 0.291 e. The molecule has 0 unspecified atom stereocenters. The highest BCUT2D eigenvalue weighted by atomic mass is 16.5. The Morgan fingerprint density at radius 1 is 0.935 bits per heavy atom. The number of hydrogen-bond donors (Lipinski definition) is 1. The number of ether oxygens (including phenoxy) is 4. The van der Waals surface area contributed by atoms with Crippen LogP contribution in [0, 0.1) is 0 Å². The van der Waals surface area contributed by atoms with E-state index >= 15 is 0 Å². The second kappa shape index (κ2) is 9.93. The highest BCUT2D eigenvalue weighted by Gasteiger charge is 2.17. The van der Waals surface area contributed by atoms with Gasteiger partial charge in [-0.25, -0.2) is 0 Å². The van der Waals surface area contributed by atoms with Crippen molar-refractivity contribution in [1.82, 2.24) is 0 Å². The van der Waals surface area contributed by atoms with Crippen molar-refractivity contribution in [2.24, 2.45) is 0 Å². The summed E-state index contributed by atoms with van der Waals surface area (Å²) in [4.78, 5) is 12.6. The molecule has 0 aliphatic heterocycles. The molecule has 0 spiro atoms. The molecule has 1 N–H and O–H groups in total. The van der Waals surface area contributed by atoms with Crippen LogP contribution < -0.4 is 24.3 Å². The summed E-state index contributed by atoms with van der Waals surface area (Å²) >= 11 is 0. The summed E-state index contributed by atoms with van der Waals surface area (Å²) in [6.07, 6.45) is 0.437. The smallest absolute Gasteiger partial charge is 0.291 e. The average Bonchev–Trinajstić information content (AvgIpc) is 3.22. The zero-order chi connectivity index (χ0) is 22.4. The van der Waals surface area contributed by atoms with Gasteiger partial charge in [0.15, 0.2) is 5.76 Å². The molecule has 0 radical (unpaired) electrons. The number of rotatable bonds is 9. The number of methoxy groups -OCH3 is 3. The van der Waals surface area contributed by atoms with Crippen LogP contribution in [0.3, 0.4) is 0 Å². The Morgan fingerprint density at radius 2 is 1.65 bits per heavy atom. The number of nitrogens with one attached hydrogen (secondary N) is 1. The van der Waals surface area contributed by atoms with Crippen LogP contribution in [-0.2, 0) is 6.42 Å². The molecule has 7 heteroatoms. The quantitative estimate of drug-likeness (QED) is 0.523. The third-order valence-corrected chi connectivity index (χ3v) is 4.52. The number of benzene rings is 2. The minimum Gasteiger partial charge on any atom is -0.496 e. The minimum atomic E-state index is -0.346. The molecule has 31 heavy (non-hydrogen) atoms. The van der Waals surface area contributed by atoms with Gasteiger partial charge < -0.3 is 28.7 Å². The number of amides is 1. The van der Waals surface area contributed by atoms with Crippen molar-refractivity contribution in [3.05, 3.63) is 65.6 Å². The summed E-state index contributed by atoms with van der Waals surface area (Å²) < 4.78 is 27.7. The second-order valence-electron chi connectivity index (χ2n) is 7.10. The highest BCUT2D eigenvalue weighted by Crippen LogP contribution is 2.36. The summed E-state index contributed by atoms with van der Waals surface area (Å²) in [7, 11) is 4.74. The fourth-order valence-corrected chi connectivity index (χ4v) is 3.13. The fraction of sp³-hybridized carbons (Fsp3) is 0.292. The molecule has 1 heterocycles. The van der Waals surface area contributed by atoms with Gasteiger partial charge in [-0.05, 0) is 38.1 Å². The summed E-state index contributed by atoms with van der Waals surface area (Å²) in [6, 6.07) is 14.2. The predicted octanol–water partition coefficient (Wildman–Crippen LogP) is 4.94. The average molecular weight is 425 g/mol. The van der Waals surface area contributed by atoms with Gasteiger partial charge in [0.05, 0.1) is 27.4 Å². The number of carbonyl (C=O) groups excluding carboxylic acids is 1. The molecular weight excluding hydrogens is 398 g/mol. The molecule has 0 aliphatic rings. The first-order valence-electron chi connectivity index (χ1n) is 9.89. The van der Waals surface area contributed by atoms with E-state index in [2.05, 4.69) is 5.32 Å². The Labute approximate surface area is 181 Å². The van der Waals surface area contributed by atoms with Crippen molar-refractivity contribution in [3.8, 4) is 23.0 Å². The molecule has 1 aromatic heterocycles. The molecule has 0 bridgehead atoms. The Hall–Kier alpha value is -3.61. The van der Waals surface area contributed by atoms with Gasteiger partial charge >= 0.3 is 0 Å². The molecule has 7 nitrogen and oxygen atoms in total. The van der Waals surface area contributed by atoms with E-state index in [-0.39, 0.29) is 17.8 Å². The second-order valence-corrected chi connectivity index (χ2v) is 7.10. The zero-order valence-corrected chi connectivity index (χ0v) is 18.4. The van der Waals surface area contributed by atoms with Crippen molar-refractivity contribution in [3.63, 3.8) is 0 Å². The number of furan rings is 1. The van der Waals surface area contributed by atoms with E-state index in [1.165, 1.54) is 0 Å². The van der Waals surface area contributed by atoms with Gasteiger partial charge in [0.2, 0.25) is 0 Å². The molecule has 2 aromatic carbocycles. The Balaban J connectivity index is 1.76. The van der Waals surface area contributed by atoms with Crippen molar-refractivity contribution < 1.29 is 28.2 Å². The predicted molar refractivity (Wildman–Crippen MR) is 118 cm³/mol. The number of carbonyl (C=O) groups is 1. The van der Waals surface area contributed by atoms with Gasteiger partial charge in [-0.15, -0.1) is 0 Å². The Morgan fingerprint density at radius 3 is 2.26 bits per heavy atom. The van der Waals surface area contributed by atoms with Crippen LogP contribution in [0.25, 0.3) is 0 Å². The van der Waals surface area contributed by atoms with Gasteiger partial charge in [-0.2, -0.15) is 0 Å². The first-order chi connectivity index (χ1) is 14.9. The summed E-state index contributed by atoms with van der Waals surface area (Å²) in [5.74, 6) is 3.00. The van der Waals surface area contributed by atoms with Gasteiger partial charge in [0.1, 0.15) is 28.8 Å². The molecule has 0 saturated carbocycles. The Kier molecular flexibility index (Phi) is 7.07.